The molecule has 2 aromatic carbocycles. The molecule has 2 aromatic rings. The number of aromatic hydroxyl groups is 2. The predicted molar refractivity (Wildman–Crippen MR) is 345 cm³/mol. The third kappa shape index (κ3) is 7.36. The number of ether oxygens (including phenoxy) is 4. The largest absolute Gasteiger partial charge is 0.507 e. The molecule has 0 unspecified atom stereocenters. The lowest BCUT2D eigenvalue weighted by Gasteiger charge is -2.72. The van der Waals surface area contributed by atoms with Crippen LogP contribution in [0.15, 0.2) is 34.9 Å². The van der Waals surface area contributed by atoms with E-state index >= 15 is 0 Å². The molecule has 500 valence electrons. The number of fused-ring (bicyclic) bond motifs is 3. The zero-order valence-corrected chi connectivity index (χ0v) is 55.0. The van der Waals surface area contributed by atoms with Crippen LogP contribution in [0.5, 0.6) is 17.2 Å². The van der Waals surface area contributed by atoms with E-state index < -0.39 is 76.1 Å². The first-order chi connectivity index (χ1) is 44.7. The maximum atomic E-state index is 14.3. The third-order valence-corrected chi connectivity index (χ3v) is 32.7. The Kier molecular flexibility index (Phi) is 12.7. The molecular formula is C78H100N2O13. The molecule has 5 aliphatic heterocycles. The molecule has 9 N–H and O–H groups in total. The van der Waals surface area contributed by atoms with Crippen LogP contribution >= 0.6 is 0 Å². The number of carboxylic acids is 1. The third-order valence-electron chi connectivity index (χ3n) is 32.7. The number of carbonyl (C=O) groups is 2. The number of phenolic OH excluding ortho intramolecular Hbond substituents is 2. The van der Waals surface area contributed by atoms with Crippen LogP contribution in [0.4, 0.5) is 0 Å². The summed E-state index contributed by atoms with van der Waals surface area (Å²) >= 11 is 0. The SMILES string of the molecule is CC(=O)c1c(C)c(O)c2cc(C(=O)O)cc(O[C@@H]3O[C@@]4(CO)C#CC[C@H]5CCC[C@]56CC[C@@]5(CCC[C@]7(C5)O[C@@]4(C[C@@H]4C5=C7CC=C5[C@]5(CCO)COC[C@H]7C[C@]89C[C@@]4(NN[C@H]8C[C@]4(CC8(CCCC8)[C@@H]8CCC[C@@H]%10CCC[C@@]%10%11CC[C@]84C%11)C9)[C@H]75)[C@H](O)[C@H]3O)C6)c2c1O. The van der Waals surface area contributed by atoms with Crippen molar-refractivity contribution in [3.63, 3.8) is 0 Å². The molecule has 15 nitrogen and oxygen atoms in total. The highest BCUT2D eigenvalue weighted by Gasteiger charge is 2.82. The van der Waals surface area contributed by atoms with Crippen LogP contribution in [-0.2, 0) is 14.2 Å². The van der Waals surface area contributed by atoms with E-state index in [1.807, 2.05) is 0 Å². The summed E-state index contributed by atoms with van der Waals surface area (Å²) in [6.45, 7) is 3.11. The van der Waals surface area contributed by atoms with Gasteiger partial charge in [0, 0.05) is 53.5 Å². The number of carboxylic acid groups (broad SMARTS) is 1. The standard InChI is InChI=1S/C78H100N2O13/c1-44-57(45(2)83)61(85)58-50(60(44)84)30-46(65(88)89)31-54(58)91-66-62(86)64(87)78-33-53-59-51(15-16-52(59)75(93-78)22-9-17-67(37-75)24-25-68(36-67)20-6-12-49(68)13-8-23-76(78,42-82)92-66)73(28-29-81)43-90-35-47-32-71-39-72(34-56(71)79-80-77(53,41-71)63(47)73)38-70(18-3-4-19-70)55-14-5-10-48-11-7-21-69(48)26-27-74(55,72)40-69/h15,30-31,47-49,53,55-56,62-64,66,79-82,84-87H,3-7,9-14,16-22,24-29,32-43H2,1-2H3,(H,88,89)/t47-,48-,49-,53-,55+,56+,62-,63-,64-,66-,67+,68-,69+,71+,72+,73+,74+,75-,76-,77+,78+/m1/s1. The molecular weight excluding hydrogens is 1170 g/mol. The van der Waals surface area contributed by atoms with E-state index in [9.17, 15) is 45.3 Å². The van der Waals surface area contributed by atoms with Gasteiger partial charge in [0.25, 0.3) is 0 Å². The van der Waals surface area contributed by atoms with E-state index in [1.54, 1.807) is 0 Å². The fraction of sp³-hybridized carbons (Fsp3) is 0.769. The number of aliphatic hydroxyl groups is 4. The fourth-order valence-corrected chi connectivity index (χ4v) is 30.1. The van der Waals surface area contributed by atoms with E-state index in [1.165, 1.54) is 145 Å². The number of nitrogens with one attached hydrogen (secondary N) is 2. The number of Topliss-reactive ketones (excluding diaryl/α,β-unsaturated/α-hetero) is 1. The number of phenols is 2. The molecule has 0 aromatic heterocycles. The van der Waals surface area contributed by atoms with Gasteiger partial charge in [-0.05, 0) is 277 Å². The van der Waals surface area contributed by atoms with E-state index in [0.717, 1.165) is 76.0 Å². The van der Waals surface area contributed by atoms with Crippen molar-refractivity contribution >= 4 is 22.5 Å². The van der Waals surface area contributed by atoms with Crippen LogP contribution in [0.1, 0.15) is 239 Å². The lowest BCUT2D eigenvalue weighted by atomic mass is 9.38. The highest BCUT2D eigenvalue weighted by molar-refractivity contribution is 6.11. The summed E-state index contributed by atoms with van der Waals surface area (Å²) < 4.78 is 30.0. The van der Waals surface area contributed by atoms with Crippen molar-refractivity contribution in [3.8, 4) is 29.1 Å². The van der Waals surface area contributed by atoms with Crippen molar-refractivity contribution in [3.05, 3.63) is 51.6 Å². The van der Waals surface area contributed by atoms with Crippen LogP contribution < -0.4 is 15.6 Å². The van der Waals surface area contributed by atoms with Gasteiger partial charge < -0.3 is 54.7 Å². The van der Waals surface area contributed by atoms with Crippen LogP contribution in [0.3, 0.4) is 0 Å². The van der Waals surface area contributed by atoms with Crippen molar-refractivity contribution < 1.29 is 64.3 Å². The molecule has 15 heteroatoms. The Labute approximate surface area is 547 Å². The molecule has 93 heavy (non-hydrogen) atoms. The zero-order valence-electron chi connectivity index (χ0n) is 55.0. The number of ketones is 1. The second kappa shape index (κ2) is 19.6. The average molecular weight is 1270 g/mol. The molecule has 17 aliphatic rings. The minimum atomic E-state index is -2.09. The molecule has 0 radical (unpaired) electrons. The fourth-order valence-electron chi connectivity index (χ4n) is 30.1. The number of rotatable bonds is 7. The Hall–Kier alpha value is -4.08. The first-order valence-corrected chi connectivity index (χ1v) is 37.2. The molecule has 10 spiro atoms. The van der Waals surface area contributed by atoms with Gasteiger partial charge in [-0.2, -0.15) is 0 Å². The predicted octanol–water partition coefficient (Wildman–Crippen LogP) is 11.9. The minimum absolute atomic E-state index is 0.00529. The number of benzene rings is 2. The summed E-state index contributed by atoms with van der Waals surface area (Å²) in [6.07, 6.45) is 32.4. The highest BCUT2D eigenvalue weighted by atomic mass is 16.7. The Morgan fingerprint density at radius 1 is 0.785 bits per heavy atom. The molecule has 19 rings (SSSR count). The van der Waals surface area contributed by atoms with Gasteiger partial charge in [0.1, 0.15) is 35.1 Å². The molecule has 3 saturated heterocycles. The van der Waals surface area contributed by atoms with Gasteiger partial charge in [0.2, 0.25) is 6.29 Å². The Balaban J connectivity index is 0.807. The molecule has 12 aliphatic carbocycles. The maximum absolute atomic E-state index is 14.3. The van der Waals surface area contributed by atoms with Crippen molar-refractivity contribution in [2.45, 2.75) is 266 Å². The van der Waals surface area contributed by atoms with Crippen molar-refractivity contribution in [1.82, 2.24) is 10.9 Å². The Bertz CT molecular complexity index is 3730. The number of hydrogen-bond acceptors (Lipinski definition) is 14. The number of hydrazine groups is 1. The molecule has 8 bridgehead atoms. The van der Waals surface area contributed by atoms with Crippen LogP contribution in [0, 0.1) is 97.6 Å². The van der Waals surface area contributed by atoms with E-state index in [0.29, 0.717) is 67.5 Å². The smallest absolute Gasteiger partial charge is 0.335 e. The van der Waals surface area contributed by atoms with Gasteiger partial charge in [-0.3, -0.25) is 15.6 Å². The number of carbonyl (C=O) groups excluding carboxylic acids is 1. The Morgan fingerprint density at radius 3 is 2.35 bits per heavy atom. The topological polar surface area (TPSA) is 237 Å². The van der Waals surface area contributed by atoms with Crippen molar-refractivity contribution in [2.24, 2.45) is 78.8 Å². The molecule has 11 saturated carbocycles. The monoisotopic (exact) mass is 1270 g/mol. The van der Waals surface area contributed by atoms with E-state index in [2.05, 4.69) is 28.8 Å². The summed E-state index contributed by atoms with van der Waals surface area (Å²) in [5.74, 6) is 5.83. The van der Waals surface area contributed by atoms with E-state index in [4.69, 9.17) is 18.9 Å². The number of aromatic carboxylic acids is 1. The summed E-state index contributed by atoms with van der Waals surface area (Å²) in [4.78, 5) is 26.3. The van der Waals surface area contributed by atoms with Gasteiger partial charge in [0.05, 0.1) is 35.3 Å². The first kappa shape index (κ1) is 60.1. The highest BCUT2D eigenvalue weighted by Crippen LogP contribution is 2.86. The minimum Gasteiger partial charge on any atom is -0.507 e. The molecule has 0 amide bonds. The van der Waals surface area contributed by atoms with Gasteiger partial charge in [-0.1, -0.05) is 50.0 Å². The number of aliphatic hydroxyl groups excluding tert-OH is 4. The second-order valence-corrected chi connectivity index (χ2v) is 35.8. The van der Waals surface area contributed by atoms with E-state index in [-0.39, 0.29) is 91.7 Å². The number of hydrogen-bond donors (Lipinski definition) is 9. The van der Waals surface area contributed by atoms with Crippen molar-refractivity contribution in [2.75, 3.05) is 26.4 Å². The quantitative estimate of drug-likeness (QED) is 0.0712. The summed E-state index contributed by atoms with van der Waals surface area (Å²) in [6, 6.07) is 2.61. The lowest BCUT2D eigenvalue weighted by molar-refractivity contribution is -0.370. The van der Waals surface area contributed by atoms with Gasteiger partial charge in [-0.15, -0.1) is 0 Å². The summed E-state index contributed by atoms with van der Waals surface area (Å²) in [5, 5.41) is 86.7. The average Bonchev–Trinajstić information content (AvgIpc) is 1.54. The van der Waals surface area contributed by atoms with Crippen molar-refractivity contribution in [1.29, 1.82) is 0 Å². The van der Waals surface area contributed by atoms with Crippen LogP contribution in [-0.4, -0.2) is 121 Å². The normalized spacial score (nSPS) is 49.5. The summed E-state index contributed by atoms with van der Waals surface area (Å²) in [7, 11) is 0. The van der Waals surface area contributed by atoms with Crippen LogP contribution in [0.25, 0.3) is 10.8 Å². The number of allylic oxidation sites excluding steroid dienone is 1. The summed E-state index contributed by atoms with van der Waals surface area (Å²) in [5.41, 5.74) is 7.16. The van der Waals surface area contributed by atoms with Gasteiger partial charge in [0.15, 0.2) is 11.4 Å². The zero-order chi connectivity index (χ0) is 63.5. The first-order valence-electron chi connectivity index (χ1n) is 37.2. The maximum Gasteiger partial charge on any atom is 0.335 e. The lowest BCUT2D eigenvalue weighted by Crippen LogP contribution is -2.82. The van der Waals surface area contributed by atoms with Gasteiger partial charge >= 0.3 is 5.97 Å². The second-order valence-electron chi connectivity index (χ2n) is 35.8. The molecule has 5 heterocycles. The molecule has 14 fully saturated rings. The van der Waals surface area contributed by atoms with Gasteiger partial charge in [-0.25, -0.2) is 4.79 Å². The Morgan fingerprint density at radius 2 is 1.56 bits per heavy atom. The van der Waals surface area contributed by atoms with Crippen LogP contribution in [0.2, 0.25) is 0 Å². The molecule has 21 atom stereocenters.